The van der Waals surface area contributed by atoms with E-state index in [-0.39, 0.29) is 17.6 Å². The number of carbonyl (C=O) groups excluding carboxylic acids is 2. The van der Waals surface area contributed by atoms with Gasteiger partial charge in [0.1, 0.15) is 0 Å². The maximum Gasteiger partial charge on any atom is 0.237 e. The molecule has 0 saturated heterocycles. The highest BCUT2D eigenvalue weighted by molar-refractivity contribution is 8.01. The predicted octanol–water partition coefficient (Wildman–Crippen LogP) is 5.00. The molecule has 2 N–H and O–H groups in total. The Morgan fingerprint density at radius 2 is 1.76 bits per heavy atom. The number of nitrogens with one attached hydrogen (secondary N) is 2. The van der Waals surface area contributed by atoms with Crippen molar-refractivity contribution in [3.05, 3.63) is 58.1 Å². The Hall–Kier alpha value is -1.69. The minimum Gasteiger partial charge on any atom is -0.325 e. The quantitative estimate of drug-likeness (QED) is 0.721. The molecule has 0 bridgehead atoms. The van der Waals surface area contributed by atoms with Crippen molar-refractivity contribution in [2.75, 3.05) is 16.4 Å². The molecule has 4 nitrogen and oxygen atoms in total. The van der Waals surface area contributed by atoms with Crippen LogP contribution < -0.4 is 10.6 Å². The largest absolute Gasteiger partial charge is 0.325 e. The Balaban J connectivity index is 1.83. The summed E-state index contributed by atoms with van der Waals surface area (Å²) in [7, 11) is 0. The van der Waals surface area contributed by atoms with E-state index in [4.69, 9.17) is 23.2 Å². The number of hydrogen-bond donors (Lipinski definition) is 2. The lowest BCUT2D eigenvalue weighted by Crippen LogP contribution is -2.25. The van der Waals surface area contributed by atoms with Crippen molar-refractivity contribution in [2.45, 2.75) is 19.1 Å². The van der Waals surface area contributed by atoms with Crippen LogP contribution in [0.4, 0.5) is 11.4 Å². The molecular weight excluding hydrogens is 379 g/mol. The summed E-state index contributed by atoms with van der Waals surface area (Å²) >= 11 is 13.2. The molecule has 0 saturated carbocycles. The second-order valence-corrected chi connectivity index (χ2v) is 7.65. The standard InChI is InChI=1S/C18H18Cl2N2O2S/c1-11-3-6-14(7-4-11)21-17(23)10-25-12(2)18(24)22-16-9-13(19)5-8-15(16)20/h3-9,12H,10H2,1-2H3,(H,21,23)(H,22,24)/t12-/m0/s1. The monoisotopic (exact) mass is 396 g/mol. The van der Waals surface area contributed by atoms with E-state index in [2.05, 4.69) is 10.6 Å². The van der Waals surface area contributed by atoms with Crippen molar-refractivity contribution in [1.29, 1.82) is 0 Å². The Morgan fingerprint density at radius 1 is 1.08 bits per heavy atom. The summed E-state index contributed by atoms with van der Waals surface area (Å²) in [6, 6.07) is 12.4. The van der Waals surface area contributed by atoms with E-state index >= 15 is 0 Å². The number of benzene rings is 2. The van der Waals surface area contributed by atoms with Crippen LogP contribution in [0.25, 0.3) is 0 Å². The van der Waals surface area contributed by atoms with Gasteiger partial charge in [0.25, 0.3) is 0 Å². The van der Waals surface area contributed by atoms with E-state index in [9.17, 15) is 9.59 Å². The first kappa shape index (κ1) is 19.6. The van der Waals surface area contributed by atoms with Gasteiger partial charge < -0.3 is 10.6 Å². The molecule has 132 valence electrons. The molecule has 2 amide bonds. The fourth-order valence-electron chi connectivity index (χ4n) is 1.94. The van der Waals surface area contributed by atoms with E-state index in [1.165, 1.54) is 11.8 Å². The third-order valence-electron chi connectivity index (χ3n) is 3.36. The van der Waals surface area contributed by atoms with E-state index in [0.29, 0.717) is 15.7 Å². The minimum absolute atomic E-state index is 0.158. The smallest absolute Gasteiger partial charge is 0.237 e. The zero-order chi connectivity index (χ0) is 18.4. The van der Waals surface area contributed by atoms with Crippen LogP contribution in [0.3, 0.4) is 0 Å². The first-order valence-corrected chi connectivity index (χ1v) is 9.39. The first-order valence-electron chi connectivity index (χ1n) is 7.59. The molecule has 0 aliphatic rings. The van der Waals surface area contributed by atoms with Gasteiger partial charge in [0.2, 0.25) is 11.8 Å². The number of thioether (sulfide) groups is 1. The second kappa shape index (κ2) is 9.13. The molecule has 1 atom stereocenters. The van der Waals surface area contributed by atoms with Crippen LogP contribution in [-0.4, -0.2) is 22.8 Å². The molecule has 0 fully saturated rings. The maximum atomic E-state index is 12.2. The van der Waals surface area contributed by atoms with Crippen molar-refractivity contribution >= 4 is 58.2 Å². The third-order valence-corrected chi connectivity index (χ3v) is 5.06. The number of amides is 2. The molecule has 2 aromatic carbocycles. The zero-order valence-corrected chi connectivity index (χ0v) is 16.1. The minimum atomic E-state index is -0.418. The lowest BCUT2D eigenvalue weighted by molar-refractivity contribution is -0.115. The SMILES string of the molecule is Cc1ccc(NC(=O)CS[C@@H](C)C(=O)Nc2cc(Cl)ccc2Cl)cc1. The van der Waals surface area contributed by atoms with Gasteiger partial charge in [-0.15, -0.1) is 11.8 Å². The number of anilines is 2. The van der Waals surface area contributed by atoms with E-state index in [0.717, 1.165) is 11.3 Å². The summed E-state index contributed by atoms with van der Waals surface area (Å²) in [4.78, 5) is 24.2. The molecule has 0 aliphatic heterocycles. The van der Waals surface area contributed by atoms with Crippen LogP contribution in [0.5, 0.6) is 0 Å². The second-order valence-electron chi connectivity index (χ2n) is 5.48. The highest BCUT2D eigenvalue weighted by Crippen LogP contribution is 2.26. The van der Waals surface area contributed by atoms with Gasteiger partial charge >= 0.3 is 0 Å². The molecule has 0 heterocycles. The van der Waals surface area contributed by atoms with Gasteiger partial charge in [0.05, 0.1) is 21.7 Å². The molecule has 0 aliphatic carbocycles. The number of hydrogen-bond acceptors (Lipinski definition) is 3. The molecule has 0 unspecified atom stereocenters. The van der Waals surface area contributed by atoms with Gasteiger partial charge in [-0.1, -0.05) is 40.9 Å². The number of carbonyl (C=O) groups is 2. The van der Waals surface area contributed by atoms with Crippen LogP contribution in [0.1, 0.15) is 12.5 Å². The van der Waals surface area contributed by atoms with Crippen LogP contribution in [0.15, 0.2) is 42.5 Å². The number of halogens is 2. The van der Waals surface area contributed by atoms with Gasteiger partial charge in [-0.2, -0.15) is 0 Å². The normalized spacial score (nSPS) is 11.7. The van der Waals surface area contributed by atoms with E-state index < -0.39 is 5.25 Å². The van der Waals surface area contributed by atoms with Gasteiger partial charge in [0.15, 0.2) is 0 Å². The van der Waals surface area contributed by atoms with Gasteiger partial charge in [0, 0.05) is 10.7 Å². The van der Waals surface area contributed by atoms with Crippen molar-refractivity contribution in [3.63, 3.8) is 0 Å². The lowest BCUT2D eigenvalue weighted by atomic mass is 10.2. The fraction of sp³-hybridized carbons (Fsp3) is 0.222. The van der Waals surface area contributed by atoms with Crippen LogP contribution in [-0.2, 0) is 9.59 Å². The molecular formula is C18H18Cl2N2O2S. The third kappa shape index (κ3) is 6.27. The maximum absolute atomic E-state index is 12.2. The van der Waals surface area contributed by atoms with Crippen molar-refractivity contribution in [1.82, 2.24) is 0 Å². The summed E-state index contributed by atoms with van der Waals surface area (Å²) in [5, 5.41) is 6.00. The molecule has 0 radical (unpaired) electrons. The van der Waals surface area contributed by atoms with Gasteiger partial charge in [-0.05, 0) is 44.2 Å². The summed E-state index contributed by atoms with van der Waals surface area (Å²) < 4.78 is 0. The van der Waals surface area contributed by atoms with Gasteiger partial charge in [-0.3, -0.25) is 9.59 Å². The Morgan fingerprint density at radius 3 is 2.44 bits per heavy atom. The average Bonchev–Trinajstić information content (AvgIpc) is 2.58. The van der Waals surface area contributed by atoms with Crippen molar-refractivity contribution in [3.8, 4) is 0 Å². The topological polar surface area (TPSA) is 58.2 Å². The molecule has 25 heavy (non-hydrogen) atoms. The highest BCUT2D eigenvalue weighted by Gasteiger charge is 2.16. The van der Waals surface area contributed by atoms with Gasteiger partial charge in [-0.25, -0.2) is 0 Å². The molecule has 0 spiro atoms. The summed E-state index contributed by atoms with van der Waals surface area (Å²) in [6.07, 6.45) is 0. The summed E-state index contributed by atoms with van der Waals surface area (Å²) in [5.41, 5.74) is 2.31. The molecule has 7 heteroatoms. The summed E-state index contributed by atoms with van der Waals surface area (Å²) in [6.45, 7) is 3.71. The van der Waals surface area contributed by atoms with Crippen LogP contribution in [0, 0.1) is 6.92 Å². The number of aryl methyl sites for hydroxylation is 1. The Labute approximate surface area is 161 Å². The lowest BCUT2D eigenvalue weighted by Gasteiger charge is -2.13. The zero-order valence-electron chi connectivity index (χ0n) is 13.8. The highest BCUT2D eigenvalue weighted by atomic mass is 35.5. The number of rotatable bonds is 6. The summed E-state index contributed by atoms with van der Waals surface area (Å²) in [5.74, 6) is -0.224. The Kier molecular flexibility index (Phi) is 7.17. The molecule has 2 rings (SSSR count). The van der Waals surface area contributed by atoms with Crippen LogP contribution in [0.2, 0.25) is 10.0 Å². The molecule has 2 aromatic rings. The fourth-order valence-corrected chi connectivity index (χ4v) is 2.96. The van der Waals surface area contributed by atoms with Crippen LogP contribution >= 0.6 is 35.0 Å². The van der Waals surface area contributed by atoms with Crippen molar-refractivity contribution < 1.29 is 9.59 Å². The molecule has 0 aromatic heterocycles. The average molecular weight is 397 g/mol. The predicted molar refractivity (Wildman–Crippen MR) is 107 cm³/mol. The van der Waals surface area contributed by atoms with E-state index in [1.54, 1.807) is 25.1 Å². The van der Waals surface area contributed by atoms with Crippen molar-refractivity contribution in [2.24, 2.45) is 0 Å². The first-order chi connectivity index (χ1) is 11.8. The van der Waals surface area contributed by atoms with E-state index in [1.807, 2.05) is 31.2 Å². The Bertz CT molecular complexity index is 766.